The average Bonchev–Trinajstić information content (AvgIpc) is 2.32. The number of nitriles is 1. The van der Waals surface area contributed by atoms with E-state index < -0.39 is 0 Å². The van der Waals surface area contributed by atoms with Gasteiger partial charge < -0.3 is 0 Å². The Balaban J connectivity index is 4.27. The van der Waals surface area contributed by atoms with E-state index in [4.69, 9.17) is 5.26 Å². The maximum Gasteiger partial charge on any atom is 0.272 e. The first-order valence-corrected chi connectivity index (χ1v) is 7.15. The Kier molecular flexibility index (Phi) is 7.69. The molecule has 0 aliphatic rings. The monoisotopic (exact) mass is 249 g/mol. The molecule has 0 aliphatic carbocycles. The van der Waals surface area contributed by atoms with Crippen LogP contribution in [0.5, 0.6) is 0 Å². The van der Waals surface area contributed by atoms with E-state index in [-0.39, 0.29) is 5.41 Å². The van der Waals surface area contributed by atoms with Gasteiger partial charge in [-0.25, -0.2) is 0 Å². The van der Waals surface area contributed by atoms with Crippen LogP contribution in [0.25, 0.3) is 4.85 Å². The molecule has 0 unspecified atom stereocenters. The van der Waals surface area contributed by atoms with Crippen LogP contribution in [-0.2, 0) is 0 Å². The normalized spacial score (nSPS) is 11.6. The van der Waals surface area contributed by atoms with Crippen LogP contribution in [0.3, 0.4) is 0 Å². The van der Waals surface area contributed by atoms with Crippen molar-refractivity contribution in [2.24, 2.45) is 10.8 Å². The van der Waals surface area contributed by atoms with Crippen molar-refractivity contribution in [3.05, 3.63) is 4.85 Å². The largest absolute Gasteiger partial charge is 0.272 e. The second kappa shape index (κ2) is 8.15. The predicted octanol–water partition coefficient (Wildman–Crippen LogP) is 5.26. The second-order valence-electron chi connectivity index (χ2n) is 6.40. The molecule has 0 saturated carbocycles. The van der Waals surface area contributed by atoms with Gasteiger partial charge in [-0.3, -0.25) is 0 Å². The third-order valence-corrected chi connectivity index (χ3v) is 3.78. The van der Waals surface area contributed by atoms with Crippen LogP contribution in [0.15, 0.2) is 0 Å². The van der Waals surface area contributed by atoms with Gasteiger partial charge in [0.05, 0.1) is 12.5 Å². The first kappa shape index (κ1) is 17.0. The molecule has 0 rings (SSSR count). The van der Waals surface area contributed by atoms with Gasteiger partial charge >= 0.3 is 0 Å². The van der Waals surface area contributed by atoms with Crippen molar-refractivity contribution in [2.45, 2.75) is 73.1 Å². The van der Waals surface area contributed by atoms with E-state index in [1.165, 1.54) is 0 Å². The van der Waals surface area contributed by atoms with E-state index in [0.717, 1.165) is 38.6 Å². The Morgan fingerprint density at radius 2 is 1.61 bits per heavy atom. The summed E-state index contributed by atoms with van der Waals surface area (Å²) < 4.78 is 0. The first-order valence-electron chi connectivity index (χ1n) is 7.15. The van der Waals surface area contributed by atoms with Crippen LogP contribution in [0, 0.1) is 28.2 Å². The van der Waals surface area contributed by atoms with E-state index in [1.807, 2.05) is 0 Å². The Morgan fingerprint density at radius 1 is 1.00 bits per heavy atom. The highest BCUT2D eigenvalue weighted by Gasteiger charge is 2.30. The van der Waals surface area contributed by atoms with Gasteiger partial charge in [0.1, 0.15) is 0 Å². The van der Waals surface area contributed by atoms with E-state index in [0.29, 0.717) is 11.8 Å². The van der Waals surface area contributed by atoms with Crippen molar-refractivity contribution >= 4 is 0 Å². The minimum Gasteiger partial charge on any atom is -0.198 e. The number of hydrogen-bond donors (Lipinski definition) is 0. The zero-order valence-corrected chi connectivity index (χ0v) is 12.8. The van der Waals surface area contributed by atoms with Gasteiger partial charge in [0.15, 0.2) is 0 Å². The van der Waals surface area contributed by atoms with E-state index in [1.54, 1.807) is 0 Å². The number of nitrogens with zero attached hydrogens (tertiary/aromatic N) is 2. The predicted molar refractivity (Wildman–Crippen MR) is 78.7 cm³/mol. The lowest BCUT2D eigenvalue weighted by molar-refractivity contribution is 0.269. The summed E-state index contributed by atoms with van der Waals surface area (Å²) in [6.45, 7) is 11.9. The van der Waals surface area contributed by atoms with Crippen molar-refractivity contribution in [1.82, 2.24) is 0 Å². The molecule has 18 heavy (non-hydrogen) atoms. The summed E-state index contributed by atoms with van der Waals surface area (Å²) in [7, 11) is 0. The molecular weight excluding hydrogens is 220 g/mol. The molecule has 0 saturated heterocycles. The highest BCUT2D eigenvalue weighted by molar-refractivity contribution is 4.94. The maximum absolute atomic E-state index is 8.72. The van der Waals surface area contributed by atoms with Gasteiger partial charge in [-0.15, -0.1) is 0 Å². The van der Waals surface area contributed by atoms with Crippen LogP contribution >= 0.6 is 0 Å². The number of hydrogen-bond acceptors (Lipinski definition) is 1. The molecule has 102 valence electrons. The quantitative estimate of drug-likeness (QED) is 0.631. The molecule has 0 radical (unpaired) electrons. The lowest BCUT2D eigenvalue weighted by atomic mass is 9.78. The zero-order valence-electron chi connectivity index (χ0n) is 12.8. The molecule has 0 aromatic heterocycles. The fourth-order valence-corrected chi connectivity index (χ4v) is 1.96. The minimum absolute atomic E-state index is 0.213. The summed E-state index contributed by atoms with van der Waals surface area (Å²) in [6, 6.07) is 5.44. The zero-order chi connectivity index (χ0) is 14.1. The van der Waals surface area contributed by atoms with Gasteiger partial charge in [-0.2, -0.15) is 5.26 Å². The van der Waals surface area contributed by atoms with Crippen molar-refractivity contribution in [3.63, 3.8) is 0 Å². The standard InChI is InChI=1S/C16H29N2/c1-6-16(7-2,11-8-12-17)14-18-13-9-10-15(3,4)5/h6-11,14H2,1-5H3/q+1. The highest BCUT2D eigenvalue weighted by atomic mass is 14.7. The van der Waals surface area contributed by atoms with Gasteiger partial charge in [0.25, 0.3) is 12.6 Å². The summed E-state index contributed by atoms with van der Waals surface area (Å²) in [5, 5.41) is 8.72. The molecule has 0 aromatic carbocycles. The Morgan fingerprint density at radius 3 is 2.06 bits per heavy atom. The fourth-order valence-electron chi connectivity index (χ4n) is 1.96. The first-order chi connectivity index (χ1) is 8.39. The smallest absolute Gasteiger partial charge is 0.198 e. The molecule has 0 aliphatic heterocycles. The lowest BCUT2D eigenvalue weighted by Crippen LogP contribution is -2.21. The van der Waals surface area contributed by atoms with Crippen LogP contribution in [0.1, 0.15) is 73.1 Å². The summed E-state index contributed by atoms with van der Waals surface area (Å²) in [6.07, 6.45) is 5.84. The Hall–Kier alpha value is -1.02. The summed E-state index contributed by atoms with van der Waals surface area (Å²) in [5.41, 5.74) is 0.570. The molecule has 2 heteroatoms. The van der Waals surface area contributed by atoms with Gasteiger partial charge in [-0.1, -0.05) is 39.5 Å². The topological polar surface area (TPSA) is 28.1 Å². The summed E-state index contributed by atoms with van der Waals surface area (Å²) >= 11 is 0. The summed E-state index contributed by atoms with van der Waals surface area (Å²) in [5.74, 6) is 0. The Bertz CT molecular complexity index is 316. The highest BCUT2D eigenvalue weighted by Crippen LogP contribution is 2.32. The van der Waals surface area contributed by atoms with Crippen LogP contribution in [-0.4, -0.2) is 6.54 Å². The van der Waals surface area contributed by atoms with E-state index in [9.17, 15) is 0 Å². The molecule has 0 N–H and O–H groups in total. The molecule has 0 fully saturated rings. The Labute approximate surface area is 113 Å². The van der Waals surface area contributed by atoms with Crippen molar-refractivity contribution in [1.29, 1.82) is 5.26 Å². The van der Waals surface area contributed by atoms with Crippen LogP contribution in [0.2, 0.25) is 0 Å². The third-order valence-electron chi connectivity index (χ3n) is 3.78. The van der Waals surface area contributed by atoms with Crippen LogP contribution in [0.4, 0.5) is 0 Å². The number of rotatable bonds is 6. The molecule has 0 amide bonds. The minimum atomic E-state index is 0.213. The molecule has 0 bridgehead atoms. The molecular formula is C16H29N2+. The van der Waals surface area contributed by atoms with Gasteiger partial charge in [0.2, 0.25) is 0 Å². The third kappa shape index (κ3) is 7.33. The average molecular weight is 249 g/mol. The second-order valence-corrected chi connectivity index (χ2v) is 6.40. The molecule has 0 aromatic rings. The molecule has 0 atom stereocenters. The fraction of sp³-hybridized carbons (Fsp3) is 0.875. The van der Waals surface area contributed by atoms with Crippen molar-refractivity contribution in [2.75, 3.05) is 6.54 Å². The van der Waals surface area contributed by atoms with Crippen molar-refractivity contribution in [3.8, 4) is 12.1 Å². The molecule has 0 heterocycles. The van der Waals surface area contributed by atoms with Gasteiger partial charge in [0, 0.05) is 11.8 Å². The lowest BCUT2D eigenvalue weighted by Gasteiger charge is -2.23. The molecule has 2 nitrogen and oxygen atoms in total. The molecule has 0 spiro atoms. The van der Waals surface area contributed by atoms with Crippen molar-refractivity contribution < 1.29 is 0 Å². The SMILES string of the molecule is CCC(CC)(CCC#N)C[N+]#CCCC(C)(C)C. The summed E-state index contributed by atoms with van der Waals surface area (Å²) in [4.78, 5) is 4.48. The van der Waals surface area contributed by atoms with Crippen LogP contribution < -0.4 is 0 Å². The van der Waals surface area contributed by atoms with E-state index >= 15 is 0 Å². The maximum atomic E-state index is 8.72. The van der Waals surface area contributed by atoms with E-state index in [2.05, 4.69) is 51.6 Å². The van der Waals surface area contributed by atoms with Gasteiger partial charge in [-0.05, 0) is 31.1 Å².